The zero-order chi connectivity index (χ0) is 9.42. The number of hydrogen-bond donors (Lipinski definition) is 0. The second-order valence-electron chi connectivity index (χ2n) is 2.54. The molecule has 13 heavy (non-hydrogen) atoms. The number of benzene rings is 1. The summed E-state index contributed by atoms with van der Waals surface area (Å²) in [4.78, 5) is 1.20. The Hall–Kier alpha value is 0.110. The van der Waals surface area contributed by atoms with E-state index in [0.717, 1.165) is 5.39 Å². The van der Waals surface area contributed by atoms with Crippen LogP contribution < -0.4 is 0 Å². The highest BCUT2D eigenvalue weighted by Crippen LogP contribution is 2.40. The molecule has 1 aromatic heterocycles. The molecular weight excluding hydrogens is 243 g/mol. The Morgan fingerprint density at radius 1 is 1.31 bits per heavy atom. The minimum Gasteiger partial charge on any atom is -0.143 e. The monoisotopic (exact) mass is 248 g/mol. The average molecular weight is 249 g/mol. The van der Waals surface area contributed by atoms with Gasteiger partial charge in [-0.25, -0.2) is 0 Å². The van der Waals surface area contributed by atoms with Crippen LogP contribution in [-0.4, -0.2) is 6.26 Å². The zero-order valence-electron chi connectivity index (χ0n) is 6.80. The van der Waals surface area contributed by atoms with E-state index in [-0.39, 0.29) is 0 Å². The van der Waals surface area contributed by atoms with Gasteiger partial charge in [-0.05, 0) is 18.4 Å². The highest BCUT2D eigenvalue weighted by molar-refractivity contribution is 7.99. The van der Waals surface area contributed by atoms with Gasteiger partial charge in [-0.1, -0.05) is 23.2 Å². The van der Waals surface area contributed by atoms with Crippen molar-refractivity contribution in [1.29, 1.82) is 0 Å². The SMILES string of the molecule is CSc1csc2ccc(Cl)c(Cl)c12. The molecule has 0 aliphatic rings. The van der Waals surface area contributed by atoms with Gasteiger partial charge in [0.05, 0.1) is 10.0 Å². The number of thioether (sulfide) groups is 1. The Labute approximate surface area is 94.8 Å². The molecule has 0 amide bonds. The fourth-order valence-corrected chi connectivity index (χ4v) is 3.56. The van der Waals surface area contributed by atoms with Crippen LogP contribution in [0.1, 0.15) is 0 Å². The largest absolute Gasteiger partial charge is 0.143 e. The lowest BCUT2D eigenvalue weighted by molar-refractivity contribution is 1.66. The summed E-state index contributed by atoms with van der Waals surface area (Å²) in [6.45, 7) is 0. The fraction of sp³-hybridized carbons (Fsp3) is 0.111. The van der Waals surface area contributed by atoms with Crippen LogP contribution in [0.3, 0.4) is 0 Å². The molecule has 0 radical (unpaired) electrons. The van der Waals surface area contributed by atoms with E-state index in [0.29, 0.717) is 10.0 Å². The summed E-state index contributed by atoms with van der Waals surface area (Å²) in [5.41, 5.74) is 0. The molecular formula is C9H6Cl2S2. The molecule has 0 atom stereocenters. The van der Waals surface area contributed by atoms with Gasteiger partial charge in [0.1, 0.15) is 0 Å². The summed E-state index contributed by atoms with van der Waals surface area (Å²) in [5.74, 6) is 0. The first-order valence-electron chi connectivity index (χ1n) is 3.63. The van der Waals surface area contributed by atoms with Crippen LogP contribution >= 0.6 is 46.3 Å². The highest BCUT2D eigenvalue weighted by atomic mass is 35.5. The zero-order valence-corrected chi connectivity index (χ0v) is 9.95. The second-order valence-corrected chi connectivity index (χ2v) is 5.08. The Morgan fingerprint density at radius 3 is 2.77 bits per heavy atom. The van der Waals surface area contributed by atoms with Gasteiger partial charge in [0.15, 0.2) is 0 Å². The van der Waals surface area contributed by atoms with Crippen molar-refractivity contribution in [2.45, 2.75) is 4.90 Å². The van der Waals surface area contributed by atoms with Gasteiger partial charge >= 0.3 is 0 Å². The minimum absolute atomic E-state index is 0.628. The van der Waals surface area contributed by atoms with Gasteiger partial charge in [-0.2, -0.15) is 0 Å². The third kappa shape index (κ3) is 1.57. The van der Waals surface area contributed by atoms with Crippen LogP contribution in [0.5, 0.6) is 0 Å². The number of rotatable bonds is 1. The van der Waals surface area contributed by atoms with Crippen LogP contribution in [0.25, 0.3) is 10.1 Å². The Balaban J connectivity index is 2.85. The molecule has 0 saturated carbocycles. The van der Waals surface area contributed by atoms with Crippen molar-refractivity contribution >= 4 is 56.4 Å². The van der Waals surface area contributed by atoms with Gasteiger partial charge in [0, 0.05) is 20.4 Å². The van der Waals surface area contributed by atoms with Crippen LogP contribution in [0.4, 0.5) is 0 Å². The van der Waals surface area contributed by atoms with Crippen LogP contribution in [0.2, 0.25) is 10.0 Å². The van der Waals surface area contributed by atoms with Crippen molar-refractivity contribution in [3.05, 3.63) is 27.6 Å². The van der Waals surface area contributed by atoms with E-state index in [4.69, 9.17) is 23.2 Å². The van der Waals surface area contributed by atoms with E-state index in [1.54, 1.807) is 23.1 Å². The molecule has 0 unspecified atom stereocenters. The Bertz CT molecular complexity index is 448. The van der Waals surface area contributed by atoms with Gasteiger partial charge < -0.3 is 0 Å². The van der Waals surface area contributed by atoms with Crippen molar-refractivity contribution in [3.63, 3.8) is 0 Å². The summed E-state index contributed by atoms with van der Waals surface area (Å²) < 4.78 is 1.19. The van der Waals surface area contributed by atoms with E-state index in [1.807, 2.05) is 18.4 Å². The first kappa shape index (κ1) is 9.66. The molecule has 0 bridgehead atoms. The Kier molecular flexibility index (Phi) is 2.75. The quantitative estimate of drug-likeness (QED) is 0.646. The van der Waals surface area contributed by atoms with Gasteiger partial charge in [0.2, 0.25) is 0 Å². The molecule has 0 fully saturated rings. The first-order chi connectivity index (χ1) is 6.24. The smallest absolute Gasteiger partial charge is 0.0690 e. The van der Waals surface area contributed by atoms with Crippen LogP contribution in [0.15, 0.2) is 22.4 Å². The van der Waals surface area contributed by atoms with Crippen molar-refractivity contribution in [1.82, 2.24) is 0 Å². The van der Waals surface area contributed by atoms with Gasteiger partial charge in [-0.3, -0.25) is 0 Å². The topological polar surface area (TPSA) is 0 Å². The van der Waals surface area contributed by atoms with E-state index in [1.165, 1.54) is 9.60 Å². The van der Waals surface area contributed by atoms with Gasteiger partial charge in [0.25, 0.3) is 0 Å². The van der Waals surface area contributed by atoms with Crippen molar-refractivity contribution in [3.8, 4) is 0 Å². The lowest BCUT2D eigenvalue weighted by Gasteiger charge is -1.99. The van der Waals surface area contributed by atoms with E-state index >= 15 is 0 Å². The minimum atomic E-state index is 0.628. The third-order valence-electron chi connectivity index (χ3n) is 1.82. The number of thiophene rings is 1. The molecule has 1 heterocycles. The van der Waals surface area contributed by atoms with Crippen LogP contribution in [0, 0.1) is 0 Å². The number of hydrogen-bond acceptors (Lipinski definition) is 2. The molecule has 0 nitrogen and oxygen atoms in total. The lowest BCUT2D eigenvalue weighted by Crippen LogP contribution is -1.71. The predicted octanol–water partition coefficient (Wildman–Crippen LogP) is 4.93. The molecule has 4 heteroatoms. The second kappa shape index (κ2) is 3.70. The standard InChI is InChI=1S/C9H6Cl2S2/c1-12-7-4-13-6-3-2-5(10)9(11)8(6)7/h2-4H,1H3. The Morgan fingerprint density at radius 2 is 2.08 bits per heavy atom. The van der Waals surface area contributed by atoms with Gasteiger partial charge in [-0.15, -0.1) is 23.1 Å². The molecule has 0 N–H and O–H groups in total. The molecule has 0 aliphatic carbocycles. The third-order valence-corrected chi connectivity index (χ3v) is 4.48. The van der Waals surface area contributed by atoms with Crippen LogP contribution in [-0.2, 0) is 0 Å². The predicted molar refractivity (Wildman–Crippen MR) is 63.6 cm³/mol. The number of fused-ring (bicyclic) bond motifs is 1. The first-order valence-corrected chi connectivity index (χ1v) is 6.49. The van der Waals surface area contributed by atoms with E-state index in [2.05, 4.69) is 5.38 Å². The highest BCUT2D eigenvalue weighted by Gasteiger charge is 2.09. The molecule has 2 rings (SSSR count). The molecule has 68 valence electrons. The maximum absolute atomic E-state index is 6.11. The summed E-state index contributed by atoms with van der Waals surface area (Å²) in [6.07, 6.45) is 2.04. The molecule has 0 aliphatic heterocycles. The fourth-order valence-electron chi connectivity index (χ4n) is 1.19. The van der Waals surface area contributed by atoms with Crippen molar-refractivity contribution in [2.24, 2.45) is 0 Å². The average Bonchev–Trinajstić information content (AvgIpc) is 2.55. The normalized spacial score (nSPS) is 11.0. The summed E-state index contributed by atoms with van der Waals surface area (Å²) in [6, 6.07) is 3.85. The van der Waals surface area contributed by atoms with E-state index < -0.39 is 0 Å². The maximum Gasteiger partial charge on any atom is 0.0690 e. The molecule has 0 spiro atoms. The van der Waals surface area contributed by atoms with E-state index in [9.17, 15) is 0 Å². The molecule has 0 saturated heterocycles. The summed E-state index contributed by atoms with van der Waals surface area (Å²) in [5, 5.41) is 4.50. The molecule has 1 aromatic carbocycles. The molecule has 2 aromatic rings. The maximum atomic E-state index is 6.11. The summed E-state index contributed by atoms with van der Waals surface area (Å²) >= 11 is 15.4. The summed E-state index contributed by atoms with van der Waals surface area (Å²) in [7, 11) is 0. The van der Waals surface area contributed by atoms with Crippen molar-refractivity contribution in [2.75, 3.05) is 6.26 Å². The lowest BCUT2D eigenvalue weighted by atomic mass is 10.3. The van der Waals surface area contributed by atoms with Crippen molar-refractivity contribution < 1.29 is 0 Å². The number of halogens is 2.